The molecule has 8 heteroatoms. The number of benzene rings is 1. The van der Waals surface area contributed by atoms with Crippen LogP contribution in [0.1, 0.15) is 12.0 Å². The first-order valence-corrected chi connectivity index (χ1v) is 9.30. The number of urea groups is 1. The van der Waals surface area contributed by atoms with E-state index in [1.807, 2.05) is 12.1 Å². The molecule has 1 aromatic heterocycles. The van der Waals surface area contributed by atoms with Crippen molar-refractivity contribution < 1.29 is 9.53 Å². The predicted molar refractivity (Wildman–Crippen MR) is 94.1 cm³/mol. The van der Waals surface area contributed by atoms with Gasteiger partial charge in [-0.15, -0.1) is 0 Å². The van der Waals surface area contributed by atoms with E-state index in [-0.39, 0.29) is 18.1 Å². The molecule has 0 bridgehead atoms. The van der Waals surface area contributed by atoms with Crippen molar-refractivity contribution in [1.29, 1.82) is 5.26 Å². The lowest BCUT2D eigenvalue weighted by Gasteiger charge is -2.35. The molecule has 2 saturated heterocycles. The third kappa shape index (κ3) is 2.27. The molecule has 1 N–H and O–H groups in total. The number of carbonyl (C=O) groups is 1. The Bertz CT molecular complexity index is 904. The standard InChI is InChI=1S/C17H17N5O2S/c18-5-7-21-6-3-11-12(9-21)22(16(23)19-11)17-20-15-10-4-8-24-13(10)1-2-14(15)25-17/h1-2,11-12H,3-4,6-9H2,(H,19,23)/t11-,12+/m0/s1. The molecule has 128 valence electrons. The highest BCUT2D eigenvalue weighted by Crippen LogP contribution is 2.39. The van der Waals surface area contributed by atoms with Crippen molar-refractivity contribution in [3.63, 3.8) is 0 Å². The quantitative estimate of drug-likeness (QED) is 0.830. The van der Waals surface area contributed by atoms with E-state index in [1.165, 1.54) is 0 Å². The minimum absolute atomic E-state index is 0.0273. The number of carbonyl (C=O) groups excluding carboxylic acids is 1. The second kappa shape index (κ2) is 5.58. The Morgan fingerprint density at radius 3 is 3.28 bits per heavy atom. The monoisotopic (exact) mass is 355 g/mol. The Kier molecular flexibility index (Phi) is 3.33. The van der Waals surface area contributed by atoms with Gasteiger partial charge in [-0.3, -0.25) is 9.80 Å². The van der Waals surface area contributed by atoms with E-state index in [0.717, 1.165) is 46.0 Å². The summed E-state index contributed by atoms with van der Waals surface area (Å²) in [6, 6.07) is 6.30. The van der Waals surface area contributed by atoms with Crippen LogP contribution in [-0.2, 0) is 6.42 Å². The first-order chi connectivity index (χ1) is 12.2. The Hall–Kier alpha value is -2.37. The summed E-state index contributed by atoms with van der Waals surface area (Å²) in [6.07, 6.45) is 1.73. The molecule has 0 aliphatic carbocycles. The Balaban J connectivity index is 1.52. The summed E-state index contributed by atoms with van der Waals surface area (Å²) in [5.74, 6) is 0.908. The van der Waals surface area contributed by atoms with E-state index in [2.05, 4.69) is 16.3 Å². The van der Waals surface area contributed by atoms with Gasteiger partial charge >= 0.3 is 6.03 Å². The lowest BCUT2D eigenvalue weighted by molar-refractivity contribution is 0.215. The number of thiazole rings is 1. The molecule has 7 nitrogen and oxygen atoms in total. The second-order valence-electron chi connectivity index (χ2n) is 6.66. The Labute approximate surface area is 148 Å². The molecule has 2 fully saturated rings. The van der Waals surface area contributed by atoms with Crippen LogP contribution in [0.4, 0.5) is 9.93 Å². The average molecular weight is 355 g/mol. The second-order valence-corrected chi connectivity index (χ2v) is 7.67. The molecule has 2 aromatic rings. The largest absolute Gasteiger partial charge is 0.493 e. The fourth-order valence-corrected chi connectivity index (χ4v) is 5.09. The van der Waals surface area contributed by atoms with Crippen LogP contribution in [0.5, 0.6) is 5.75 Å². The van der Waals surface area contributed by atoms with Crippen molar-refractivity contribution in [3.05, 3.63) is 17.7 Å². The maximum Gasteiger partial charge on any atom is 0.324 e. The molecule has 3 aliphatic rings. The van der Waals surface area contributed by atoms with Crippen molar-refractivity contribution in [1.82, 2.24) is 15.2 Å². The molecular weight excluding hydrogens is 338 g/mol. The Morgan fingerprint density at radius 1 is 1.48 bits per heavy atom. The van der Waals surface area contributed by atoms with Gasteiger partial charge in [-0.25, -0.2) is 9.78 Å². The zero-order valence-electron chi connectivity index (χ0n) is 13.6. The van der Waals surface area contributed by atoms with E-state index in [1.54, 1.807) is 16.2 Å². The molecule has 1 aromatic carbocycles. The number of piperidine rings is 1. The van der Waals surface area contributed by atoms with E-state index in [0.29, 0.717) is 19.7 Å². The van der Waals surface area contributed by atoms with Gasteiger partial charge in [-0.2, -0.15) is 5.26 Å². The molecule has 25 heavy (non-hydrogen) atoms. The number of anilines is 1. The van der Waals surface area contributed by atoms with Gasteiger partial charge in [0.1, 0.15) is 5.75 Å². The zero-order valence-corrected chi connectivity index (χ0v) is 14.4. The molecule has 0 spiro atoms. The number of ether oxygens (including phenoxy) is 1. The molecule has 5 rings (SSSR count). The molecule has 3 aliphatic heterocycles. The molecule has 0 radical (unpaired) electrons. The molecular formula is C17H17N5O2S. The van der Waals surface area contributed by atoms with Crippen molar-refractivity contribution >= 4 is 32.7 Å². The van der Waals surface area contributed by atoms with E-state index in [4.69, 9.17) is 15.0 Å². The summed E-state index contributed by atoms with van der Waals surface area (Å²) < 4.78 is 6.71. The topological polar surface area (TPSA) is 81.5 Å². The van der Waals surface area contributed by atoms with Gasteiger partial charge in [-0.1, -0.05) is 11.3 Å². The van der Waals surface area contributed by atoms with Crippen LogP contribution in [0.15, 0.2) is 12.1 Å². The smallest absolute Gasteiger partial charge is 0.324 e. The average Bonchev–Trinajstić information content (AvgIpc) is 3.28. The van der Waals surface area contributed by atoms with Crippen LogP contribution in [0.3, 0.4) is 0 Å². The molecule has 4 heterocycles. The fraction of sp³-hybridized carbons (Fsp3) is 0.471. The first-order valence-electron chi connectivity index (χ1n) is 8.49. The van der Waals surface area contributed by atoms with Crippen LogP contribution in [0.25, 0.3) is 10.2 Å². The summed E-state index contributed by atoms with van der Waals surface area (Å²) in [7, 11) is 0. The van der Waals surface area contributed by atoms with Crippen molar-refractivity contribution in [2.24, 2.45) is 0 Å². The van der Waals surface area contributed by atoms with Crippen molar-refractivity contribution in [2.75, 3.05) is 31.1 Å². The van der Waals surface area contributed by atoms with Crippen molar-refractivity contribution in [2.45, 2.75) is 24.9 Å². The number of nitrogens with zero attached hydrogens (tertiary/aromatic N) is 4. The number of fused-ring (bicyclic) bond motifs is 4. The van der Waals surface area contributed by atoms with Gasteiger partial charge in [0, 0.05) is 25.1 Å². The summed E-state index contributed by atoms with van der Waals surface area (Å²) in [4.78, 5) is 21.3. The Morgan fingerprint density at radius 2 is 2.40 bits per heavy atom. The maximum atomic E-state index is 12.6. The number of hydrogen-bond donors (Lipinski definition) is 1. The minimum atomic E-state index is -0.0826. The number of nitriles is 1. The number of nitrogens with one attached hydrogen (secondary N) is 1. The minimum Gasteiger partial charge on any atom is -0.493 e. The lowest BCUT2D eigenvalue weighted by Crippen LogP contribution is -2.51. The highest BCUT2D eigenvalue weighted by Gasteiger charge is 2.44. The summed E-state index contributed by atoms with van der Waals surface area (Å²) >= 11 is 1.55. The number of hydrogen-bond acceptors (Lipinski definition) is 6. The normalized spacial score (nSPS) is 25.4. The number of aromatic nitrogens is 1. The van der Waals surface area contributed by atoms with Gasteiger partial charge in [0.2, 0.25) is 0 Å². The molecule has 0 saturated carbocycles. The third-order valence-corrected chi connectivity index (χ3v) is 6.27. The van der Waals surface area contributed by atoms with Crippen LogP contribution in [0, 0.1) is 11.3 Å². The maximum absolute atomic E-state index is 12.6. The fourth-order valence-electron chi connectivity index (χ4n) is 4.04. The van der Waals surface area contributed by atoms with E-state index < -0.39 is 0 Å². The summed E-state index contributed by atoms with van der Waals surface area (Å²) in [5, 5.41) is 12.8. The van der Waals surface area contributed by atoms with Crippen LogP contribution >= 0.6 is 11.3 Å². The lowest BCUT2D eigenvalue weighted by atomic mass is 10.0. The highest BCUT2D eigenvalue weighted by molar-refractivity contribution is 7.22. The van der Waals surface area contributed by atoms with Gasteiger partial charge in [-0.05, 0) is 18.6 Å². The van der Waals surface area contributed by atoms with E-state index in [9.17, 15) is 4.79 Å². The molecule has 2 atom stereocenters. The number of likely N-dealkylation sites (tertiary alicyclic amines) is 1. The van der Waals surface area contributed by atoms with Crippen molar-refractivity contribution in [3.8, 4) is 11.8 Å². The van der Waals surface area contributed by atoms with Gasteiger partial charge in [0.25, 0.3) is 0 Å². The number of rotatable bonds is 2. The zero-order chi connectivity index (χ0) is 17.0. The van der Waals surface area contributed by atoms with Gasteiger partial charge in [0.15, 0.2) is 5.13 Å². The third-order valence-electron chi connectivity index (χ3n) is 5.25. The predicted octanol–water partition coefficient (Wildman–Crippen LogP) is 1.73. The molecule has 2 amide bonds. The SMILES string of the molecule is N#CCN1CC[C@@H]2NC(=O)N(c3nc4c5c(ccc4s3)OCC5)[C@@H]2C1. The molecule has 0 unspecified atom stereocenters. The van der Waals surface area contributed by atoms with Crippen LogP contribution in [0.2, 0.25) is 0 Å². The summed E-state index contributed by atoms with van der Waals surface area (Å²) in [5.41, 5.74) is 2.10. The van der Waals surface area contributed by atoms with E-state index >= 15 is 0 Å². The van der Waals surface area contributed by atoms with Crippen LogP contribution < -0.4 is 15.0 Å². The van der Waals surface area contributed by atoms with Crippen LogP contribution in [-0.4, -0.2) is 54.2 Å². The summed E-state index contributed by atoms with van der Waals surface area (Å²) in [6.45, 7) is 2.64. The first kappa shape index (κ1) is 14.9. The number of amides is 2. The van der Waals surface area contributed by atoms with Gasteiger partial charge < -0.3 is 10.1 Å². The highest BCUT2D eigenvalue weighted by atomic mass is 32.1. The van der Waals surface area contributed by atoms with Gasteiger partial charge in [0.05, 0.1) is 41.5 Å².